The fourth-order valence-electron chi connectivity index (χ4n) is 2.51. The molecule has 1 aromatic carbocycles. The van der Waals surface area contributed by atoms with Crippen LogP contribution in [0.4, 0.5) is 0 Å². The molecule has 2 aromatic rings. The molecule has 104 valence electrons. The van der Waals surface area contributed by atoms with Crippen molar-refractivity contribution < 1.29 is 9.53 Å². The minimum Gasteiger partial charge on any atom is -0.380 e. The fourth-order valence-corrected chi connectivity index (χ4v) is 3.40. The van der Waals surface area contributed by atoms with Crippen molar-refractivity contribution in [3.63, 3.8) is 0 Å². The molecule has 4 heteroatoms. The number of ether oxygens (including phenoxy) is 1. The predicted molar refractivity (Wildman–Crippen MR) is 79.9 cm³/mol. The second-order valence-corrected chi connectivity index (χ2v) is 5.98. The monoisotopic (exact) mass is 287 g/mol. The summed E-state index contributed by atoms with van der Waals surface area (Å²) < 4.78 is 5.08. The zero-order valence-electron chi connectivity index (χ0n) is 11.5. The van der Waals surface area contributed by atoms with E-state index in [4.69, 9.17) is 4.74 Å². The fraction of sp³-hybridized carbons (Fsp3) is 0.312. The molecule has 0 spiro atoms. The maximum absolute atomic E-state index is 12.5. The van der Waals surface area contributed by atoms with Crippen molar-refractivity contribution in [2.24, 2.45) is 0 Å². The van der Waals surface area contributed by atoms with Crippen molar-refractivity contribution in [3.05, 3.63) is 57.3 Å². The summed E-state index contributed by atoms with van der Waals surface area (Å²) in [6, 6.07) is 9.81. The Labute approximate surface area is 122 Å². The summed E-state index contributed by atoms with van der Waals surface area (Å²) in [5, 5.41) is 2.11. The van der Waals surface area contributed by atoms with Crippen LogP contribution >= 0.6 is 11.3 Å². The third-order valence-electron chi connectivity index (χ3n) is 3.61. The van der Waals surface area contributed by atoms with Crippen LogP contribution < -0.4 is 0 Å². The van der Waals surface area contributed by atoms with Crippen LogP contribution in [-0.2, 0) is 24.3 Å². The first-order valence-corrected chi connectivity index (χ1v) is 7.58. The van der Waals surface area contributed by atoms with E-state index in [9.17, 15) is 4.79 Å². The molecule has 0 fully saturated rings. The first-order chi connectivity index (χ1) is 9.78. The van der Waals surface area contributed by atoms with Gasteiger partial charge in [-0.05, 0) is 41.1 Å². The van der Waals surface area contributed by atoms with E-state index in [0.29, 0.717) is 6.61 Å². The first-order valence-electron chi connectivity index (χ1n) is 6.70. The van der Waals surface area contributed by atoms with Gasteiger partial charge >= 0.3 is 0 Å². The molecule has 3 nitrogen and oxygen atoms in total. The SMILES string of the molecule is COCc1ccc(C(=O)N2CCc3sccc3C2)cc1. The van der Waals surface area contributed by atoms with Gasteiger partial charge in [-0.15, -0.1) is 11.3 Å². The van der Waals surface area contributed by atoms with Crippen LogP contribution in [0.25, 0.3) is 0 Å². The van der Waals surface area contributed by atoms with E-state index in [1.54, 1.807) is 18.4 Å². The summed E-state index contributed by atoms with van der Waals surface area (Å²) in [6.07, 6.45) is 0.973. The second kappa shape index (κ2) is 5.77. The van der Waals surface area contributed by atoms with E-state index in [-0.39, 0.29) is 5.91 Å². The molecular weight excluding hydrogens is 270 g/mol. The number of hydrogen-bond acceptors (Lipinski definition) is 3. The number of methoxy groups -OCH3 is 1. The van der Waals surface area contributed by atoms with Crippen LogP contribution in [0, 0.1) is 0 Å². The molecule has 20 heavy (non-hydrogen) atoms. The van der Waals surface area contributed by atoms with Crippen LogP contribution in [0.2, 0.25) is 0 Å². The summed E-state index contributed by atoms with van der Waals surface area (Å²) in [5.74, 6) is 0.116. The van der Waals surface area contributed by atoms with E-state index in [1.807, 2.05) is 29.2 Å². The molecule has 2 heterocycles. The predicted octanol–water partition coefficient (Wildman–Crippen LogP) is 3.09. The molecule has 1 amide bonds. The van der Waals surface area contributed by atoms with Gasteiger partial charge < -0.3 is 9.64 Å². The quantitative estimate of drug-likeness (QED) is 0.868. The maximum Gasteiger partial charge on any atom is 0.254 e. The van der Waals surface area contributed by atoms with Crippen molar-refractivity contribution >= 4 is 17.2 Å². The van der Waals surface area contributed by atoms with E-state index < -0.39 is 0 Å². The highest BCUT2D eigenvalue weighted by molar-refractivity contribution is 7.10. The standard InChI is InChI=1S/C16H17NO2S/c1-19-11-12-2-4-13(5-3-12)16(18)17-8-6-15-14(10-17)7-9-20-15/h2-5,7,9H,6,8,10-11H2,1H3. The molecular formula is C16H17NO2S. The Morgan fingerprint density at radius 3 is 2.85 bits per heavy atom. The van der Waals surface area contributed by atoms with Crippen LogP contribution in [0.15, 0.2) is 35.7 Å². The zero-order valence-corrected chi connectivity index (χ0v) is 12.3. The number of rotatable bonds is 3. The van der Waals surface area contributed by atoms with Crippen LogP contribution in [0.5, 0.6) is 0 Å². The third kappa shape index (κ3) is 2.62. The first kappa shape index (κ1) is 13.3. The minimum absolute atomic E-state index is 0.116. The number of fused-ring (bicyclic) bond motifs is 1. The van der Waals surface area contributed by atoms with Crippen molar-refractivity contribution in [2.45, 2.75) is 19.6 Å². The molecule has 0 unspecified atom stereocenters. The number of nitrogens with zero attached hydrogens (tertiary/aromatic N) is 1. The van der Waals surface area contributed by atoms with Gasteiger partial charge in [0.1, 0.15) is 0 Å². The maximum atomic E-state index is 12.5. The number of amides is 1. The van der Waals surface area contributed by atoms with Gasteiger partial charge in [-0.3, -0.25) is 4.79 Å². The normalized spacial score (nSPS) is 14.2. The Morgan fingerprint density at radius 1 is 1.30 bits per heavy atom. The van der Waals surface area contributed by atoms with Crippen molar-refractivity contribution in [1.29, 1.82) is 0 Å². The summed E-state index contributed by atoms with van der Waals surface area (Å²) in [7, 11) is 1.67. The molecule has 1 aromatic heterocycles. The van der Waals surface area contributed by atoms with Gasteiger partial charge in [-0.25, -0.2) is 0 Å². The number of carbonyl (C=O) groups excluding carboxylic acids is 1. The van der Waals surface area contributed by atoms with Gasteiger partial charge in [0.25, 0.3) is 5.91 Å². The number of hydrogen-bond donors (Lipinski definition) is 0. The topological polar surface area (TPSA) is 29.5 Å². The van der Waals surface area contributed by atoms with Gasteiger partial charge in [-0.1, -0.05) is 12.1 Å². The molecule has 0 saturated heterocycles. The van der Waals surface area contributed by atoms with Crippen molar-refractivity contribution in [3.8, 4) is 0 Å². The summed E-state index contributed by atoms with van der Waals surface area (Å²) in [4.78, 5) is 15.9. The average Bonchev–Trinajstić information content (AvgIpc) is 2.95. The molecule has 0 atom stereocenters. The lowest BCUT2D eigenvalue weighted by Gasteiger charge is -2.27. The van der Waals surface area contributed by atoms with E-state index in [2.05, 4.69) is 11.4 Å². The van der Waals surface area contributed by atoms with E-state index in [0.717, 1.165) is 30.6 Å². The van der Waals surface area contributed by atoms with Gasteiger partial charge in [0.2, 0.25) is 0 Å². The largest absolute Gasteiger partial charge is 0.380 e. The van der Waals surface area contributed by atoms with Crippen molar-refractivity contribution in [2.75, 3.05) is 13.7 Å². The Bertz CT molecular complexity index is 603. The highest BCUT2D eigenvalue weighted by Crippen LogP contribution is 2.25. The van der Waals surface area contributed by atoms with Gasteiger partial charge in [0.15, 0.2) is 0 Å². The zero-order chi connectivity index (χ0) is 13.9. The van der Waals surface area contributed by atoms with Crippen LogP contribution in [0.3, 0.4) is 0 Å². The van der Waals surface area contributed by atoms with Crippen LogP contribution in [-0.4, -0.2) is 24.5 Å². The molecule has 0 bridgehead atoms. The minimum atomic E-state index is 0.116. The number of carbonyl (C=O) groups is 1. The molecule has 0 saturated carbocycles. The molecule has 0 aliphatic carbocycles. The average molecular weight is 287 g/mol. The number of thiophene rings is 1. The van der Waals surface area contributed by atoms with E-state index in [1.165, 1.54) is 10.4 Å². The summed E-state index contributed by atoms with van der Waals surface area (Å²) in [5.41, 5.74) is 3.14. The van der Waals surface area contributed by atoms with Gasteiger partial charge in [0, 0.05) is 30.6 Å². The van der Waals surface area contributed by atoms with Crippen molar-refractivity contribution in [1.82, 2.24) is 4.90 Å². The summed E-state index contributed by atoms with van der Waals surface area (Å²) >= 11 is 1.79. The molecule has 0 N–H and O–H groups in total. The lowest BCUT2D eigenvalue weighted by Crippen LogP contribution is -2.35. The molecule has 1 aliphatic heterocycles. The summed E-state index contributed by atoms with van der Waals surface area (Å²) in [6.45, 7) is 2.13. The lowest BCUT2D eigenvalue weighted by atomic mass is 10.1. The highest BCUT2D eigenvalue weighted by Gasteiger charge is 2.22. The third-order valence-corrected chi connectivity index (χ3v) is 4.63. The van der Waals surface area contributed by atoms with Gasteiger partial charge in [-0.2, -0.15) is 0 Å². The Morgan fingerprint density at radius 2 is 2.10 bits per heavy atom. The lowest BCUT2D eigenvalue weighted by molar-refractivity contribution is 0.0736. The second-order valence-electron chi connectivity index (χ2n) is 4.98. The van der Waals surface area contributed by atoms with Gasteiger partial charge in [0.05, 0.1) is 6.61 Å². The highest BCUT2D eigenvalue weighted by atomic mass is 32.1. The molecule has 1 aliphatic rings. The number of benzene rings is 1. The Balaban J connectivity index is 1.73. The Hall–Kier alpha value is -1.65. The van der Waals surface area contributed by atoms with E-state index >= 15 is 0 Å². The Kier molecular flexibility index (Phi) is 3.85. The molecule has 3 rings (SSSR count). The van der Waals surface area contributed by atoms with Crippen LogP contribution in [0.1, 0.15) is 26.4 Å². The molecule has 0 radical (unpaired) electrons. The smallest absolute Gasteiger partial charge is 0.254 e.